The largest absolute Gasteiger partial charge is 0.481 e. The number of amides is 2. The summed E-state index contributed by atoms with van der Waals surface area (Å²) in [4.78, 5) is 22.0. The molecular weight excluding hydrogens is 244 g/mol. The second-order valence-corrected chi connectivity index (χ2v) is 4.61. The summed E-state index contributed by atoms with van der Waals surface area (Å²) in [6, 6.07) is -0.851. The van der Waals surface area contributed by atoms with Gasteiger partial charge in [-0.05, 0) is 13.3 Å². The number of nitrogens with zero attached hydrogens (tertiary/aromatic N) is 2. The van der Waals surface area contributed by atoms with Crippen LogP contribution < -0.4 is 10.6 Å². The van der Waals surface area contributed by atoms with Gasteiger partial charge >= 0.3 is 12.0 Å². The number of hydrogen-bond acceptors (Lipinski definition) is 5. The van der Waals surface area contributed by atoms with Crippen molar-refractivity contribution in [2.45, 2.75) is 32.7 Å². The minimum absolute atomic E-state index is 0.0981. The average Bonchev–Trinajstić information content (AvgIpc) is 2.62. The van der Waals surface area contributed by atoms with Crippen LogP contribution >= 0.6 is 11.3 Å². The van der Waals surface area contributed by atoms with E-state index in [1.807, 2.05) is 6.92 Å². The molecule has 94 valence electrons. The van der Waals surface area contributed by atoms with Crippen LogP contribution in [0, 0.1) is 6.92 Å². The van der Waals surface area contributed by atoms with Crippen LogP contribution in [0.2, 0.25) is 0 Å². The number of urea groups is 1. The third-order valence-corrected chi connectivity index (χ3v) is 2.75. The number of aryl methyl sites for hydroxylation is 1. The summed E-state index contributed by atoms with van der Waals surface area (Å²) >= 11 is 1.25. The molecule has 0 saturated heterocycles. The summed E-state index contributed by atoms with van der Waals surface area (Å²) in [6.45, 7) is 3.59. The van der Waals surface area contributed by atoms with E-state index in [9.17, 15) is 9.59 Å². The first kappa shape index (κ1) is 13.4. The van der Waals surface area contributed by atoms with E-state index in [2.05, 4.69) is 20.8 Å². The highest BCUT2D eigenvalue weighted by atomic mass is 32.1. The highest BCUT2D eigenvalue weighted by Crippen LogP contribution is 2.13. The van der Waals surface area contributed by atoms with E-state index in [-0.39, 0.29) is 12.5 Å². The average molecular weight is 258 g/mol. The van der Waals surface area contributed by atoms with Crippen LogP contribution in [0.25, 0.3) is 0 Å². The minimum Gasteiger partial charge on any atom is -0.481 e. The molecule has 2 amide bonds. The number of carboxylic acids is 1. The maximum atomic E-state index is 11.5. The van der Waals surface area contributed by atoms with Gasteiger partial charge in [-0.15, -0.1) is 10.2 Å². The van der Waals surface area contributed by atoms with Gasteiger partial charge in [0.15, 0.2) is 0 Å². The number of aromatic nitrogens is 2. The lowest BCUT2D eigenvalue weighted by molar-refractivity contribution is -0.137. The van der Waals surface area contributed by atoms with E-state index in [1.54, 1.807) is 6.92 Å². The maximum absolute atomic E-state index is 11.5. The first-order valence-corrected chi connectivity index (χ1v) is 5.92. The van der Waals surface area contributed by atoms with Gasteiger partial charge < -0.3 is 10.4 Å². The van der Waals surface area contributed by atoms with Crippen molar-refractivity contribution in [2.75, 3.05) is 5.32 Å². The van der Waals surface area contributed by atoms with Gasteiger partial charge in [-0.25, -0.2) is 4.79 Å². The number of hydrogen-bond donors (Lipinski definition) is 3. The summed E-state index contributed by atoms with van der Waals surface area (Å²) in [5, 5.41) is 22.3. The van der Waals surface area contributed by atoms with Gasteiger partial charge in [-0.3, -0.25) is 10.1 Å². The maximum Gasteiger partial charge on any atom is 0.321 e. The van der Waals surface area contributed by atoms with Crippen molar-refractivity contribution >= 4 is 28.5 Å². The number of carbonyl (C=O) groups is 2. The van der Waals surface area contributed by atoms with Gasteiger partial charge in [0, 0.05) is 6.04 Å². The highest BCUT2D eigenvalue weighted by molar-refractivity contribution is 7.15. The predicted molar refractivity (Wildman–Crippen MR) is 63.1 cm³/mol. The monoisotopic (exact) mass is 258 g/mol. The molecule has 0 fully saturated rings. The third kappa shape index (κ3) is 4.77. The summed E-state index contributed by atoms with van der Waals surface area (Å²) in [5.41, 5.74) is 0. The van der Waals surface area contributed by atoms with Gasteiger partial charge in [0.1, 0.15) is 5.01 Å². The van der Waals surface area contributed by atoms with Crippen molar-refractivity contribution in [3.8, 4) is 0 Å². The fraction of sp³-hybridized carbons (Fsp3) is 0.556. The Morgan fingerprint density at radius 3 is 2.65 bits per heavy atom. The van der Waals surface area contributed by atoms with E-state index >= 15 is 0 Å². The molecule has 0 bridgehead atoms. The van der Waals surface area contributed by atoms with Crippen LogP contribution in [0.4, 0.5) is 9.93 Å². The fourth-order valence-electron chi connectivity index (χ4n) is 1.17. The Balaban J connectivity index is 2.45. The topological polar surface area (TPSA) is 104 Å². The molecule has 0 aliphatic rings. The van der Waals surface area contributed by atoms with Gasteiger partial charge in [-0.1, -0.05) is 18.3 Å². The molecule has 1 atom stereocenters. The zero-order chi connectivity index (χ0) is 12.8. The number of carboxylic acid groups (broad SMARTS) is 1. The Hall–Kier alpha value is -1.70. The smallest absolute Gasteiger partial charge is 0.321 e. The van der Waals surface area contributed by atoms with E-state index in [0.717, 1.165) is 5.01 Å². The lowest BCUT2D eigenvalue weighted by atomic mass is 10.1. The number of rotatable bonds is 5. The Morgan fingerprint density at radius 1 is 1.47 bits per heavy atom. The van der Waals surface area contributed by atoms with Gasteiger partial charge in [0.25, 0.3) is 0 Å². The molecule has 8 heteroatoms. The molecule has 1 aromatic heterocycles. The van der Waals surface area contributed by atoms with Crippen LogP contribution in [0.3, 0.4) is 0 Å². The van der Waals surface area contributed by atoms with E-state index in [4.69, 9.17) is 5.11 Å². The molecule has 0 spiro atoms. The predicted octanol–water partition coefficient (Wildman–Crippen LogP) is 1.22. The van der Waals surface area contributed by atoms with Crippen LogP contribution in [-0.2, 0) is 4.79 Å². The molecule has 0 aliphatic carbocycles. The number of nitrogens with one attached hydrogen (secondary N) is 2. The van der Waals surface area contributed by atoms with Gasteiger partial charge in [-0.2, -0.15) is 0 Å². The number of aliphatic carboxylic acids is 1. The normalized spacial score (nSPS) is 11.9. The minimum atomic E-state index is -0.941. The SMILES string of the molecule is CCC(CC(=O)O)NC(=O)Nc1nnc(C)s1. The van der Waals surface area contributed by atoms with Crippen molar-refractivity contribution < 1.29 is 14.7 Å². The molecule has 0 aromatic carbocycles. The lowest BCUT2D eigenvalue weighted by Gasteiger charge is -2.14. The highest BCUT2D eigenvalue weighted by Gasteiger charge is 2.14. The Kier molecular flexibility index (Phi) is 4.83. The number of carbonyl (C=O) groups excluding carboxylic acids is 1. The van der Waals surface area contributed by atoms with E-state index < -0.39 is 12.0 Å². The van der Waals surface area contributed by atoms with Crippen molar-refractivity contribution in [1.82, 2.24) is 15.5 Å². The Bertz CT molecular complexity index is 407. The second-order valence-electron chi connectivity index (χ2n) is 3.43. The molecule has 1 heterocycles. The first-order valence-electron chi connectivity index (χ1n) is 5.10. The summed E-state index contributed by atoms with van der Waals surface area (Å²) in [5.74, 6) is -0.941. The second kappa shape index (κ2) is 6.14. The molecule has 7 nitrogen and oxygen atoms in total. The lowest BCUT2D eigenvalue weighted by Crippen LogP contribution is -2.38. The van der Waals surface area contributed by atoms with Crippen molar-refractivity contribution in [1.29, 1.82) is 0 Å². The molecule has 0 radical (unpaired) electrons. The number of anilines is 1. The molecule has 1 rings (SSSR count). The standard InChI is InChI=1S/C9H14N4O3S/c1-3-6(4-7(14)15)10-8(16)11-9-13-12-5(2)17-9/h6H,3-4H2,1-2H3,(H,14,15)(H2,10,11,13,16). The molecule has 1 aromatic rings. The van der Waals surface area contributed by atoms with Crippen LogP contribution in [0.5, 0.6) is 0 Å². The summed E-state index contributed by atoms with van der Waals surface area (Å²) in [7, 11) is 0. The van der Waals surface area contributed by atoms with Crippen LogP contribution in [0.15, 0.2) is 0 Å². The molecule has 0 aliphatic heterocycles. The zero-order valence-electron chi connectivity index (χ0n) is 9.56. The first-order chi connectivity index (χ1) is 8.01. The molecular formula is C9H14N4O3S. The van der Waals surface area contributed by atoms with Crippen LogP contribution in [0.1, 0.15) is 24.8 Å². The van der Waals surface area contributed by atoms with E-state index in [1.165, 1.54) is 11.3 Å². The summed E-state index contributed by atoms with van der Waals surface area (Å²) < 4.78 is 0. The zero-order valence-corrected chi connectivity index (χ0v) is 10.4. The molecule has 3 N–H and O–H groups in total. The van der Waals surface area contributed by atoms with E-state index in [0.29, 0.717) is 11.6 Å². The van der Waals surface area contributed by atoms with Crippen molar-refractivity contribution in [2.24, 2.45) is 0 Å². The van der Waals surface area contributed by atoms with Crippen molar-refractivity contribution in [3.05, 3.63) is 5.01 Å². The molecule has 1 unspecified atom stereocenters. The Morgan fingerprint density at radius 2 is 2.18 bits per heavy atom. The van der Waals surface area contributed by atoms with Crippen LogP contribution in [-0.4, -0.2) is 33.3 Å². The third-order valence-electron chi connectivity index (χ3n) is 2.00. The quantitative estimate of drug-likeness (QED) is 0.736. The molecule has 0 saturated carbocycles. The van der Waals surface area contributed by atoms with Crippen molar-refractivity contribution in [3.63, 3.8) is 0 Å². The van der Waals surface area contributed by atoms with Gasteiger partial charge in [0.05, 0.1) is 6.42 Å². The Labute approximate surface area is 102 Å². The molecule has 17 heavy (non-hydrogen) atoms. The van der Waals surface area contributed by atoms with Gasteiger partial charge in [0.2, 0.25) is 5.13 Å². The fourth-order valence-corrected chi connectivity index (χ4v) is 1.76. The summed E-state index contributed by atoms with van der Waals surface area (Å²) in [6.07, 6.45) is 0.452.